The van der Waals surface area contributed by atoms with Crippen molar-refractivity contribution in [1.29, 1.82) is 0 Å². The van der Waals surface area contributed by atoms with E-state index in [4.69, 9.17) is 4.74 Å². The third-order valence-corrected chi connectivity index (χ3v) is 6.38. The molecular weight excluding hydrogens is 397 g/mol. The predicted molar refractivity (Wildman–Crippen MR) is 105 cm³/mol. The monoisotopic (exact) mass is 421 g/mol. The lowest BCUT2D eigenvalue weighted by atomic mass is 10.0. The largest absolute Gasteiger partial charge is 0.487 e. The highest BCUT2D eigenvalue weighted by Gasteiger charge is 2.48. The van der Waals surface area contributed by atoms with Crippen molar-refractivity contribution in [3.05, 3.63) is 46.7 Å². The number of nitrogens with zero attached hydrogens (tertiary/aromatic N) is 2. The fourth-order valence-electron chi connectivity index (χ4n) is 4.19. The van der Waals surface area contributed by atoms with Gasteiger partial charge in [-0.2, -0.15) is 0 Å². The third-order valence-electron chi connectivity index (χ3n) is 5.61. The number of hydrogen-bond donors (Lipinski definition) is 3. The number of halogens is 1. The van der Waals surface area contributed by atoms with Crippen LogP contribution in [0.3, 0.4) is 0 Å². The summed E-state index contributed by atoms with van der Waals surface area (Å²) >= 11 is 1.25. The first-order valence-electron chi connectivity index (χ1n) is 9.73. The number of amides is 1. The topological polar surface area (TPSA) is 94.9 Å². The average Bonchev–Trinajstić information content (AvgIpc) is 3.32. The molecule has 1 saturated carbocycles. The molecule has 156 valence electrons. The number of likely N-dealkylation sites (tertiary alicyclic amines) is 1. The fraction of sp³-hybridized carbons (Fsp3) is 0.500. The maximum Gasteiger partial charge on any atom is 0.263 e. The molecule has 1 saturated heterocycles. The van der Waals surface area contributed by atoms with Crippen molar-refractivity contribution >= 4 is 17.2 Å². The Hall–Kier alpha value is -2.07. The minimum absolute atomic E-state index is 0.238. The van der Waals surface area contributed by atoms with Crippen LogP contribution in [0.5, 0.6) is 5.75 Å². The molecule has 1 aromatic carbocycles. The zero-order valence-corrected chi connectivity index (χ0v) is 16.6. The van der Waals surface area contributed by atoms with Crippen molar-refractivity contribution in [2.24, 2.45) is 0 Å². The molecule has 1 amide bonds. The Morgan fingerprint density at radius 3 is 2.79 bits per heavy atom. The molecule has 4 atom stereocenters. The molecule has 2 heterocycles. The van der Waals surface area contributed by atoms with Gasteiger partial charge in [0, 0.05) is 25.6 Å². The van der Waals surface area contributed by atoms with Crippen molar-refractivity contribution in [3.63, 3.8) is 0 Å². The Labute approximate surface area is 172 Å². The summed E-state index contributed by atoms with van der Waals surface area (Å²) in [6, 6.07) is 5.12. The van der Waals surface area contributed by atoms with E-state index in [1.54, 1.807) is 17.6 Å². The van der Waals surface area contributed by atoms with Gasteiger partial charge in [0.25, 0.3) is 5.91 Å². The fourth-order valence-corrected chi connectivity index (χ4v) is 4.71. The number of carbonyl (C=O) groups excluding carboxylic acids is 1. The van der Waals surface area contributed by atoms with Gasteiger partial charge < -0.3 is 20.3 Å². The Morgan fingerprint density at radius 1 is 1.31 bits per heavy atom. The van der Waals surface area contributed by atoms with Gasteiger partial charge in [-0.3, -0.25) is 14.7 Å². The number of benzene rings is 1. The highest BCUT2D eigenvalue weighted by Crippen LogP contribution is 2.31. The van der Waals surface area contributed by atoms with Gasteiger partial charge in [0.2, 0.25) is 0 Å². The molecule has 2 fully saturated rings. The van der Waals surface area contributed by atoms with Crippen LogP contribution >= 0.6 is 11.3 Å². The zero-order valence-electron chi connectivity index (χ0n) is 15.8. The summed E-state index contributed by atoms with van der Waals surface area (Å²) in [6.45, 7) is 1.25. The van der Waals surface area contributed by atoms with E-state index in [1.165, 1.54) is 29.7 Å². The van der Waals surface area contributed by atoms with Crippen molar-refractivity contribution in [3.8, 4) is 5.75 Å². The van der Waals surface area contributed by atoms with E-state index in [2.05, 4.69) is 15.2 Å². The second-order valence-corrected chi connectivity index (χ2v) is 8.43. The van der Waals surface area contributed by atoms with Crippen LogP contribution in [0, 0.1) is 5.82 Å². The smallest absolute Gasteiger partial charge is 0.263 e. The number of aliphatic hydroxyl groups excluding tert-OH is 2. The minimum atomic E-state index is -0.861. The van der Waals surface area contributed by atoms with Crippen LogP contribution in [0.15, 0.2) is 36.0 Å². The van der Waals surface area contributed by atoms with Crippen LogP contribution in [-0.4, -0.2) is 69.5 Å². The standard InChI is InChI=1S/C20H24FN3O4S/c21-12-2-1-3-14(8-12)28-16-9-15(23-20(27)17-10-22-11-29-17)18(19(16)26)24-6-4-13(25)5-7-24/h1-3,8,10-11,13,15-16,18-19,25-26H,4-7,9H2,(H,23,27)/t15-,16-,18+,19+/m1/s1. The number of thiazole rings is 1. The van der Waals surface area contributed by atoms with Gasteiger partial charge in [-0.15, -0.1) is 11.3 Å². The third kappa shape index (κ3) is 4.58. The Kier molecular flexibility index (Phi) is 6.09. The highest BCUT2D eigenvalue weighted by atomic mass is 32.1. The SMILES string of the molecule is O=C(N[C@@H]1C[C@@H](Oc2cccc(F)c2)[C@H](O)[C@H]1N1CCC(O)CC1)c1cncs1. The number of carbonyl (C=O) groups is 1. The van der Waals surface area contributed by atoms with Gasteiger partial charge >= 0.3 is 0 Å². The number of piperidine rings is 1. The van der Waals surface area contributed by atoms with Gasteiger partial charge in [-0.1, -0.05) is 6.07 Å². The summed E-state index contributed by atoms with van der Waals surface area (Å²) in [4.78, 5) is 19.1. The molecule has 2 aliphatic rings. The van der Waals surface area contributed by atoms with Crippen LogP contribution in [0.25, 0.3) is 0 Å². The van der Waals surface area contributed by atoms with Gasteiger partial charge in [-0.25, -0.2) is 4.39 Å². The van der Waals surface area contributed by atoms with Crippen molar-refractivity contribution in [1.82, 2.24) is 15.2 Å². The molecular formula is C20H24FN3O4S. The van der Waals surface area contributed by atoms with E-state index in [-0.39, 0.29) is 24.1 Å². The van der Waals surface area contributed by atoms with Crippen LogP contribution in [-0.2, 0) is 0 Å². The lowest BCUT2D eigenvalue weighted by Crippen LogP contribution is -2.55. The molecule has 1 aromatic heterocycles. The quantitative estimate of drug-likeness (QED) is 0.676. The van der Waals surface area contributed by atoms with E-state index in [9.17, 15) is 19.4 Å². The van der Waals surface area contributed by atoms with E-state index < -0.39 is 18.0 Å². The molecule has 2 aromatic rings. The molecule has 1 aliphatic carbocycles. The molecule has 0 unspecified atom stereocenters. The van der Waals surface area contributed by atoms with Gasteiger partial charge in [0.1, 0.15) is 28.7 Å². The van der Waals surface area contributed by atoms with Gasteiger partial charge in [-0.05, 0) is 25.0 Å². The first kappa shape index (κ1) is 20.2. The molecule has 0 bridgehead atoms. The second kappa shape index (κ2) is 8.74. The summed E-state index contributed by atoms with van der Waals surface area (Å²) < 4.78 is 19.4. The molecule has 9 heteroatoms. The van der Waals surface area contributed by atoms with Crippen LogP contribution in [0.2, 0.25) is 0 Å². The second-order valence-electron chi connectivity index (χ2n) is 7.54. The van der Waals surface area contributed by atoms with E-state index in [0.29, 0.717) is 43.0 Å². The molecule has 0 radical (unpaired) electrons. The number of aromatic nitrogens is 1. The lowest BCUT2D eigenvalue weighted by Gasteiger charge is -2.38. The normalized spacial score (nSPS) is 28.4. The number of ether oxygens (including phenoxy) is 1. The summed E-state index contributed by atoms with van der Waals surface area (Å²) in [5.41, 5.74) is 1.60. The molecule has 4 rings (SSSR count). The van der Waals surface area contributed by atoms with Crippen molar-refractivity contribution in [2.75, 3.05) is 13.1 Å². The summed E-state index contributed by atoms with van der Waals surface area (Å²) in [6.07, 6.45) is 1.36. The van der Waals surface area contributed by atoms with E-state index in [1.807, 2.05) is 0 Å². The number of hydrogen-bond acceptors (Lipinski definition) is 7. The molecule has 29 heavy (non-hydrogen) atoms. The first-order valence-corrected chi connectivity index (χ1v) is 10.6. The highest BCUT2D eigenvalue weighted by molar-refractivity contribution is 7.11. The van der Waals surface area contributed by atoms with Crippen molar-refractivity contribution < 1.29 is 24.1 Å². The first-order chi connectivity index (χ1) is 14.0. The van der Waals surface area contributed by atoms with Crippen LogP contribution in [0.1, 0.15) is 28.9 Å². The molecule has 1 aliphatic heterocycles. The minimum Gasteiger partial charge on any atom is -0.487 e. The Bertz CT molecular complexity index is 829. The molecule has 7 nitrogen and oxygen atoms in total. The number of rotatable bonds is 5. The van der Waals surface area contributed by atoms with Crippen LogP contribution in [0.4, 0.5) is 4.39 Å². The average molecular weight is 421 g/mol. The summed E-state index contributed by atoms with van der Waals surface area (Å²) in [5, 5.41) is 23.9. The van der Waals surface area contributed by atoms with Crippen molar-refractivity contribution in [2.45, 2.75) is 49.7 Å². The maximum absolute atomic E-state index is 13.5. The van der Waals surface area contributed by atoms with Crippen LogP contribution < -0.4 is 10.1 Å². The maximum atomic E-state index is 13.5. The number of nitrogens with one attached hydrogen (secondary N) is 1. The van der Waals surface area contributed by atoms with Gasteiger partial charge in [0.05, 0.1) is 29.9 Å². The summed E-state index contributed by atoms with van der Waals surface area (Å²) in [7, 11) is 0. The summed E-state index contributed by atoms with van der Waals surface area (Å²) in [5.74, 6) is -0.305. The number of aliphatic hydroxyl groups is 2. The molecule has 0 spiro atoms. The molecule has 3 N–H and O–H groups in total. The van der Waals surface area contributed by atoms with E-state index in [0.717, 1.165) is 0 Å². The van der Waals surface area contributed by atoms with Gasteiger partial charge in [0.15, 0.2) is 0 Å². The predicted octanol–water partition coefficient (Wildman–Crippen LogP) is 1.42. The Balaban J connectivity index is 1.52. The Morgan fingerprint density at radius 2 is 2.10 bits per heavy atom. The zero-order chi connectivity index (χ0) is 20.4. The van der Waals surface area contributed by atoms with E-state index >= 15 is 0 Å². The lowest BCUT2D eigenvalue weighted by molar-refractivity contribution is -0.0145.